The van der Waals surface area contributed by atoms with Crippen molar-refractivity contribution in [3.8, 4) is 5.75 Å². The third-order valence-electron chi connectivity index (χ3n) is 5.25. The lowest BCUT2D eigenvalue weighted by Gasteiger charge is -2.13. The Kier molecular flexibility index (Phi) is 5.09. The third kappa shape index (κ3) is 4.04. The predicted octanol–water partition coefficient (Wildman–Crippen LogP) is 0.805. The number of carbonyl (C=O) groups is 1. The van der Waals surface area contributed by atoms with E-state index in [1.807, 2.05) is 0 Å². The summed E-state index contributed by atoms with van der Waals surface area (Å²) in [5.41, 5.74) is 0.555. The summed E-state index contributed by atoms with van der Waals surface area (Å²) in [6.45, 7) is 0.441. The van der Waals surface area contributed by atoms with Crippen LogP contribution in [0.3, 0.4) is 0 Å². The number of hydrogen-bond donors (Lipinski definition) is 1. The van der Waals surface area contributed by atoms with Gasteiger partial charge in [0.1, 0.15) is 11.6 Å². The second-order valence-corrected chi connectivity index (χ2v) is 9.66. The number of hydrogen-bond acceptors (Lipinski definition) is 6. The molecule has 2 aliphatic rings. The molecule has 8 nitrogen and oxygen atoms in total. The highest BCUT2D eigenvalue weighted by molar-refractivity contribution is 7.91. The number of carbonyl (C=O) groups excluding carboxylic acids is 1. The van der Waals surface area contributed by atoms with Crippen LogP contribution in [0.1, 0.15) is 31.5 Å². The smallest absolute Gasteiger partial charge is 0.261 e. The van der Waals surface area contributed by atoms with Gasteiger partial charge in [0.15, 0.2) is 16.4 Å². The Labute approximate surface area is 162 Å². The van der Waals surface area contributed by atoms with Crippen LogP contribution in [0, 0.1) is 0 Å². The number of fused-ring (bicyclic) bond motifs is 2. The van der Waals surface area contributed by atoms with E-state index in [1.54, 1.807) is 22.8 Å². The SMILES string of the molecule is O=C(COc1ccc2nc3n(c(=O)c2c1)CCCCC3)N[C@H]1CCS(=O)(=O)C1. The first-order valence-corrected chi connectivity index (χ1v) is 11.4. The van der Waals surface area contributed by atoms with Gasteiger partial charge in [-0.15, -0.1) is 0 Å². The molecule has 0 aliphatic carbocycles. The van der Waals surface area contributed by atoms with Crippen LogP contribution in [0.5, 0.6) is 5.75 Å². The monoisotopic (exact) mass is 405 g/mol. The second-order valence-electron chi connectivity index (χ2n) is 7.43. The summed E-state index contributed by atoms with van der Waals surface area (Å²) in [4.78, 5) is 29.5. The molecule has 0 spiro atoms. The van der Waals surface area contributed by atoms with E-state index in [9.17, 15) is 18.0 Å². The molecule has 9 heteroatoms. The highest BCUT2D eigenvalue weighted by Gasteiger charge is 2.28. The summed E-state index contributed by atoms with van der Waals surface area (Å²) in [6, 6.07) is 4.69. The molecule has 1 aromatic carbocycles. The van der Waals surface area contributed by atoms with Gasteiger partial charge in [0.25, 0.3) is 11.5 Å². The molecule has 1 fully saturated rings. The van der Waals surface area contributed by atoms with Crippen molar-refractivity contribution in [2.45, 2.75) is 44.7 Å². The number of sulfone groups is 1. The summed E-state index contributed by atoms with van der Waals surface area (Å²) in [5.74, 6) is 0.941. The number of aryl methyl sites for hydroxylation is 1. The molecule has 4 rings (SSSR count). The number of amides is 1. The Bertz CT molecular complexity index is 1080. The highest BCUT2D eigenvalue weighted by Crippen LogP contribution is 2.20. The van der Waals surface area contributed by atoms with E-state index in [-0.39, 0.29) is 35.6 Å². The van der Waals surface area contributed by atoms with E-state index in [2.05, 4.69) is 10.3 Å². The number of ether oxygens (including phenoxy) is 1. The molecule has 0 saturated carbocycles. The first-order valence-electron chi connectivity index (χ1n) is 9.57. The quantitative estimate of drug-likeness (QED) is 0.806. The molecule has 28 heavy (non-hydrogen) atoms. The molecule has 0 radical (unpaired) electrons. The Balaban J connectivity index is 1.47. The van der Waals surface area contributed by atoms with Crippen LogP contribution in [0.2, 0.25) is 0 Å². The molecule has 3 heterocycles. The van der Waals surface area contributed by atoms with Gasteiger partial charge in [0, 0.05) is 19.0 Å². The average Bonchev–Trinajstić information content (AvgIpc) is 2.85. The van der Waals surface area contributed by atoms with E-state index in [0.29, 0.717) is 29.6 Å². The van der Waals surface area contributed by atoms with Gasteiger partial charge >= 0.3 is 0 Å². The maximum atomic E-state index is 12.8. The number of nitrogens with zero attached hydrogens (tertiary/aromatic N) is 2. The van der Waals surface area contributed by atoms with Gasteiger partial charge in [-0.3, -0.25) is 14.2 Å². The second kappa shape index (κ2) is 7.54. The highest BCUT2D eigenvalue weighted by atomic mass is 32.2. The molecule has 1 amide bonds. The Morgan fingerprint density at radius 1 is 1.29 bits per heavy atom. The molecule has 1 saturated heterocycles. The largest absolute Gasteiger partial charge is 0.484 e. The Morgan fingerprint density at radius 2 is 2.14 bits per heavy atom. The zero-order valence-corrected chi connectivity index (χ0v) is 16.3. The van der Waals surface area contributed by atoms with Crippen LogP contribution in [-0.4, -0.2) is 48.0 Å². The maximum absolute atomic E-state index is 12.8. The van der Waals surface area contributed by atoms with Crippen LogP contribution >= 0.6 is 0 Å². The molecule has 0 bridgehead atoms. The van der Waals surface area contributed by atoms with Gasteiger partial charge < -0.3 is 10.1 Å². The fraction of sp³-hybridized carbons (Fsp3) is 0.526. The molecule has 0 unspecified atom stereocenters. The Hall–Kier alpha value is -2.42. The summed E-state index contributed by atoms with van der Waals surface area (Å²) >= 11 is 0. The number of rotatable bonds is 4. The zero-order chi connectivity index (χ0) is 19.7. The molecule has 2 aliphatic heterocycles. The van der Waals surface area contributed by atoms with E-state index in [1.165, 1.54) is 0 Å². The van der Waals surface area contributed by atoms with Crippen molar-refractivity contribution < 1.29 is 17.9 Å². The van der Waals surface area contributed by atoms with Crippen molar-refractivity contribution in [1.29, 1.82) is 0 Å². The first-order chi connectivity index (χ1) is 13.4. The number of nitrogens with one attached hydrogen (secondary N) is 1. The van der Waals surface area contributed by atoms with Crippen LogP contribution in [-0.2, 0) is 27.6 Å². The predicted molar refractivity (Wildman–Crippen MR) is 104 cm³/mol. The normalized spacial score (nSPS) is 21.1. The topological polar surface area (TPSA) is 107 Å². The lowest BCUT2D eigenvalue weighted by molar-refractivity contribution is -0.123. The Morgan fingerprint density at radius 3 is 2.93 bits per heavy atom. The minimum atomic E-state index is -3.05. The van der Waals surface area contributed by atoms with E-state index >= 15 is 0 Å². The molecular weight excluding hydrogens is 382 g/mol. The van der Waals surface area contributed by atoms with E-state index in [4.69, 9.17) is 4.74 Å². The summed E-state index contributed by atoms with van der Waals surface area (Å²) < 4.78 is 30.2. The summed E-state index contributed by atoms with van der Waals surface area (Å²) in [7, 11) is -3.05. The van der Waals surface area contributed by atoms with Crippen molar-refractivity contribution in [2.75, 3.05) is 18.1 Å². The lowest BCUT2D eigenvalue weighted by atomic mass is 10.2. The van der Waals surface area contributed by atoms with Crippen molar-refractivity contribution >= 4 is 26.6 Å². The number of aromatic nitrogens is 2. The average molecular weight is 405 g/mol. The minimum Gasteiger partial charge on any atom is -0.484 e. The van der Waals surface area contributed by atoms with Gasteiger partial charge in [0.2, 0.25) is 0 Å². The molecule has 150 valence electrons. The molecule has 2 aromatic rings. The third-order valence-corrected chi connectivity index (χ3v) is 7.02. The summed E-state index contributed by atoms with van der Waals surface area (Å²) in [5, 5.41) is 3.16. The van der Waals surface area contributed by atoms with Crippen LogP contribution in [0.15, 0.2) is 23.0 Å². The molecule has 1 aromatic heterocycles. The summed E-state index contributed by atoms with van der Waals surface area (Å²) in [6.07, 6.45) is 4.33. The van der Waals surface area contributed by atoms with E-state index in [0.717, 1.165) is 31.5 Å². The van der Waals surface area contributed by atoms with Gasteiger partial charge in [-0.25, -0.2) is 13.4 Å². The van der Waals surface area contributed by atoms with E-state index < -0.39 is 9.84 Å². The van der Waals surface area contributed by atoms with Gasteiger partial charge in [-0.2, -0.15) is 0 Å². The number of benzene rings is 1. The standard InChI is InChI=1S/C19H23N3O5S/c23-18(20-13-7-9-28(25,26)12-13)11-27-14-5-6-16-15(10-14)19(24)22-8-3-1-2-4-17(22)21-16/h5-6,10,13H,1-4,7-9,11-12H2,(H,20,23)/t13-/m0/s1. The van der Waals surface area contributed by atoms with Crippen LogP contribution < -0.4 is 15.6 Å². The molecule has 1 N–H and O–H groups in total. The van der Waals surface area contributed by atoms with Crippen molar-refractivity contribution in [2.24, 2.45) is 0 Å². The molecule has 1 atom stereocenters. The van der Waals surface area contributed by atoms with Gasteiger partial charge in [-0.1, -0.05) is 6.42 Å². The van der Waals surface area contributed by atoms with Gasteiger partial charge in [0.05, 0.1) is 22.4 Å². The minimum absolute atomic E-state index is 0.0255. The lowest BCUT2D eigenvalue weighted by Crippen LogP contribution is -2.38. The fourth-order valence-electron chi connectivity index (χ4n) is 3.81. The van der Waals surface area contributed by atoms with Crippen molar-refractivity contribution in [1.82, 2.24) is 14.9 Å². The zero-order valence-electron chi connectivity index (χ0n) is 15.5. The van der Waals surface area contributed by atoms with Crippen LogP contribution in [0.4, 0.5) is 0 Å². The van der Waals surface area contributed by atoms with Crippen molar-refractivity contribution in [3.63, 3.8) is 0 Å². The van der Waals surface area contributed by atoms with Gasteiger partial charge in [-0.05, 0) is 37.5 Å². The van der Waals surface area contributed by atoms with Crippen molar-refractivity contribution in [3.05, 3.63) is 34.4 Å². The fourth-order valence-corrected chi connectivity index (χ4v) is 5.49. The van der Waals surface area contributed by atoms with Crippen LogP contribution in [0.25, 0.3) is 10.9 Å². The maximum Gasteiger partial charge on any atom is 0.261 e. The first kappa shape index (κ1) is 18.9. The molecular formula is C19H23N3O5S.